The number of nitrogens with one attached hydrogen (secondary N) is 1. The number of nitrogens with two attached hydrogens (primary N) is 1. The second-order valence-corrected chi connectivity index (χ2v) is 3.89. The van der Waals surface area contributed by atoms with E-state index in [0.717, 1.165) is 11.8 Å². The number of rotatable bonds is 2. The number of carbonyl (C=O) groups is 1. The molecule has 0 unspecified atom stereocenters. The Hall–Kier alpha value is -2.43. The molecule has 0 aliphatic heterocycles. The fourth-order valence-corrected chi connectivity index (χ4v) is 1.47. The van der Waals surface area contributed by atoms with Crippen molar-refractivity contribution >= 4 is 17.3 Å². The second-order valence-electron chi connectivity index (χ2n) is 3.89. The average Bonchev–Trinajstić information content (AvgIpc) is 2.34. The Morgan fingerprint density at radius 3 is 2.78 bits per heavy atom. The van der Waals surface area contributed by atoms with Crippen LogP contribution in [0.3, 0.4) is 0 Å². The summed E-state index contributed by atoms with van der Waals surface area (Å²) in [4.78, 5) is 15.6. The van der Waals surface area contributed by atoms with Crippen LogP contribution < -0.4 is 11.1 Å². The maximum absolute atomic E-state index is 12.7. The Labute approximate surface area is 104 Å². The molecule has 3 N–H and O–H groups in total. The highest BCUT2D eigenvalue weighted by atomic mass is 19.1. The summed E-state index contributed by atoms with van der Waals surface area (Å²) in [7, 11) is 0. The number of benzene rings is 1. The van der Waals surface area contributed by atoms with Gasteiger partial charge in [-0.2, -0.15) is 0 Å². The van der Waals surface area contributed by atoms with Gasteiger partial charge in [-0.25, -0.2) is 9.37 Å². The zero-order chi connectivity index (χ0) is 13.1. The number of aromatic nitrogens is 1. The summed E-state index contributed by atoms with van der Waals surface area (Å²) in [5, 5.41) is 2.68. The third kappa shape index (κ3) is 2.63. The number of anilines is 2. The van der Waals surface area contributed by atoms with Gasteiger partial charge in [0.05, 0.1) is 6.20 Å². The molecule has 0 saturated heterocycles. The van der Waals surface area contributed by atoms with Gasteiger partial charge < -0.3 is 11.1 Å². The molecule has 4 nitrogen and oxygen atoms in total. The number of hydrogen-bond donors (Lipinski definition) is 2. The van der Waals surface area contributed by atoms with Gasteiger partial charge in [0.1, 0.15) is 11.5 Å². The van der Waals surface area contributed by atoms with E-state index in [4.69, 9.17) is 5.73 Å². The van der Waals surface area contributed by atoms with Crippen LogP contribution in [-0.4, -0.2) is 10.9 Å². The van der Waals surface area contributed by atoms with E-state index in [1.807, 2.05) is 13.0 Å². The maximum atomic E-state index is 12.7. The predicted octanol–water partition coefficient (Wildman–Crippen LogP) is 2.36. The molecule has 92 valence electrons. The summed E-state index contributed by atoms with van der Waals surface area (Å²) in [5.41, 5.74) is 7.86. The van der Waals surface area contributed by atoms with Gasteiger partial charge in [-0.1, -0.05) is 6.07 Å². The highest BCUT2D eigenvalue weighted by Crippen LogP contribution is 2.18. The Bertz CT molecular complexity index is 581. The van der Waals surface area contributed by atoms with Crippen LogP contribution >= 0.6 is 0 Å². The van der Waals surface area contributed by atoms with Crippen molar-refractivity contribution in [3.05, 3.63) is 53.6 Å². The normalized spacial score (nSPS) is 10.1. The van der Waals surface area contributed by atoms with Crippen LogP contribution in [0, 0.1) is 12.7 Å². The number of aryl methyl sites for hydroxylation is 1. The van der Waals surface area contributed by atoms with Crippen LogP contribution in [0.25, 0.3) is 0 Å². The molecule has 2 aromatic rings. The van der Waals surface area contributed by atoms with Crippen molar-refractivity contribution in [2.75, 3.05) is 11.1 Å². The molecular weight excluding hydrogens is 233 g/mol. The Morgan fingerprint density at radius 2 is 2.11 bits per heavy atom. The number of hydrogen-bond acceptors (Lipinski definition) is 3. The third-order valence-corrected chi connectivity index (χ3v) is 2.47. The topological polar surface area (TPSA) is 68.0 Å². The monoisotopic (exact) mass is 245 g/mol. The molecule has 1 aromatic carbocycles. The van der Waals surface area contributed by atoms with Crippen molar-refractivity contribution in [3.8, 4) is 0 Å². The van der Waals surface area contributed by atoms with Crippen LogP contribution in [0.2, 0.25) is 0 Å². The Morgan fingerprint density at radius 1 is 1.33 bits per heavy atom. The van der Waals surface area contributed by atoms with E-state index in [1.54, 1.807) is 12.1 Å². The fourth-order valence-electron chi connectivity index (χ4n) is 1.47. The molecule has 18 heavy (non-hydrogen) atoms. The summed E-state index contributed by atoms with van der Waals surface area (Å²) in [6.07, 6.45) is 1.00. The minimum atomic E-state index is -0.480. The molecule has 0 radical (unpaired) electrons. The lowest BCUT2D eigenvalue weighted by atomic mass is 10.2. The zero-order valence-electron chi connectivity index (χ0n) is 9.77. The van der Waals surface area contributed by atoms with Gasteiger partial charge in [0.2, 0.25) is 0 Å². The lowest BCUT2D eigenvalue weighted by Gasteiger charge is -2.08. The summed E-state index contributed by atoms with van der Waals surface area (Å²) in [5.74, 6) is -0.879. The smallest absolute Gasteiger partial charge is 0.274 e. The average molecular weight is 245 g/mol. The molecule has 0 bridgehead atoms. The van der Waals surface area contributed by atoms with Gasteiger partial charge in [0.15, 0.2) is 0 Å². The predicted molar refractivity (Wildman–Crippen MR) is 67.7 cm³/mol. The molecule has 1 heterocycles. The summed E-state index contributed by atoms with van der Waals surface area (Å²) < 4.78 is 12.7. The SMILES string of the molecule is Cc1ccc(N)cc1NC(=O)c1ccc(F)cn1. The molecular formula is C13H12FN3O. The molecule has 1 amide bonds. The van der Waals surface area contributed by atoms with Crippen LogP contribution in [0.15, 0.2) is 36.5 Å². The first-order valence-electron chi connectivity index (χ1n) is 5.35. The number of amides is 1. The van der Waals surface area contributed by atoms with Crippen molar-refractivity contribution in [3.63, 3.8) is 0 Å². The van der Waals surface area contributed by atoms with Crippen molar-refractivity contribution in [1.29, 1.82) is 0 Å². The lowest BCUT2D eigenvalue weighted by Crippen LogP contribution is -2.14. The first kappa shape index (κ1) is 12.0. The van der Waals surface area contributed by atoms with Gasteiger partial charge in [-0.3, -0.25) is 4.79 Å². The molecule has 0 spiro atoms. The lowest BCUT2D eigenvalue weighted by molar-refractivity contribution is 0.102. The van der Waals surface area contributed by atoms with Gasteiger partial charge in [0, 0.05) is 11.4 Å². The number of pyridine rings is 1. The first-order chi connectivity index (χ1) is 8.56. The van der Waals surface area contributed by atoms with Crippen molar-refractivity contribution in [1.82, 2.24) is 4.98 Å². The summed E-state index contributed by atoms with van der Waals surface area (Å²) >= 11 is 0. The number of carbonyl (C=O) groups excluding carboxylic acids is 1. The van der Waals surface area contributed by atoms with Gasteiger partial charge in [-0.15, -0.1) is 0 Å². The molecule has 1 aromatic heterocycles. The van der Waals surface area contributed by atoms with E-state index in [1.165, 1.54) is 12.1 Å². The van der Waals surface area contributed by atoms with E-state index >= 15 is 0 Å². The van der Waals surface area contributed by atoms with Crippen LogP contribution in [0.4, 0.5) is 15.8 Å². The number of nitrogens with zero attached hydrogens (tertiary/aromatic N) is 1. The van der Waals surface area contributed by atoms with Crippen molar-refractivity contribution in [2.24, 2.45) is 0 Å². The van der Waals surface area contributed by atoms with E-state index in [2.05, 4.69) is 10.3 Å². The summed E-state index contributed by atoms with van der Waals surface area (Å²) in [6, 6.07) is 7.74. The highest BCUT2D eigenvalue weighted by Gasteiger charge is 2.09. The quantitative estimate of drug-likeness (QED) is 0.798. The maximum Gasteiger partial charge on any atom is 0.274 e. The van der Waals surface area contributed by atoms with E-state index < -0.39 is 11.7 Å². The molecule has 5 heteroatoms. The van der Waals surface area contributed by atoms with Crippen LogP contribution in [-0.2, 0) is 0 Å². The molecule has 0 aliphatic rings. The van der Waals surface area contributed by atoms with E-state index in [0.29, 0.717) is 11.4 Å². The molecule has 0 atom stereocenters. The molecule has 0 aliphatic carbocycles. The van der Waals surface area contributed by atoms with Crippen molar-refractivity contribution < 1.29 is 9.18 Å². The zero-order valence-corrected chi connectivity index (χ0v) is 9.77. The van der Waals surface area contributed by atoms with Crippen LogP contribution in [0.5, 0.6) is 0 Å². The van der Waals surface area contributed by atoms with Crippen LogP contribution in [0.1, 0.15) is 16.1 Å². The van der Waals surface area contributed by atoms with E-state index in [9.17, 15) is 9.18 Å². The van der Waals surface area contributed by atoms with Gasteiger partial charge >= 0.3 is 0 Å². The van der Waals surface area contributed by atoms with Gasteiger partial charge in [0.25, 0.3) is 5.91 Å². The Kier molecular flexibility index (Phi) is 3.23. The van der Waals surface area contributed by atoms with Gasteiger partial charge in [-0.05, 0) is 36.8 Å². The van der Waals surface area contributed by atoms with Crippen molar-refractivity contribution in [2.45, 2.75) is 6.92 Å². The number of halogens is 1. The Balaban J connectivity index is 2.21. The first-order valence-corrected chi connectivity index (χ1v) is 5.35. The minimum absolute atomic E-state index is 0.151. The minimum Gasteiger partial charge on any atom is -0.399 e. The molecule has 0 fully saturated rings. The summed E-state index contributed by atoms with van der Waals surface area (Å²) in [6.45, 7) is 1.85. The molecule has 2 rings (SSSR count). The van der Waals surface area contributed by atoms with E-state index in [-0.39, 0.29) is 5.69 Å². The third-order valence-electron chi connectivity index (χ3n) is 2.47. The fraction of sp³-hybridized carbons (Fsp3) is 0.0769. The largest absolute Gasteiger partial charge is 0.399 e. The standard InChI is InChI=1S/C13H12FN3O/c1-8-2-4-10(15)6-12(8)17-13(18)11-5-3-9(14)7-16-11/h2-7H,15H2,1H3,(H,17,18). The highest BCUT2D eigenvalue weighted by molar-refractivity contribution is 6.03. The second kappa shape index (κ2) is 4.83. The number of nitrogen functional groups attached to an aromatic ring is 1. The molecule has 0 saturated carbocycles.